The summed E-state index contributed by atoms with van der Waals surface area (Å²) in [5.74, 6) is -1.85. The first kappa shape index (κ1) is 12.6. The minimum atomic E-state index is -1.23. The van der Waals surface area contributed by atoms with Crippen molar-refractivity contribution in [2.75, 3.05) is 0 Å². The number of hydrogen-bond donors (Lipinski definition) is 1. The molecule has 6 nitrogen and oxygen atoms in total. The zero-order chi connectivity index (χ0) is 12.8. The molecule has 0 saturated heterocycles. The Morgan fingerprint density at radius 2 is 2.00 bits per heavy atom. The average Bonchev–Trinajstić information content (AvgIpc) is 2.25. The van der Waals surface area contributed by atoms with E-state index >= 15 is 0 Å². The van der Waals surface area contributed by atoms with Crippen LogP contribution in [0.15, 0.2) is 30.3 Å². The number of nitrogens with zero attached hydrogens (tertiary/aromatic N) is 1. The molecule has 0 aromatic heterocycles. The van der Waals surface area contributed by atoms with Gasteiger partial charge in [0, 0.05) is 6.07 Å². The lowest BCUT2D eigenvalue weighted by atomic mass is 10.1. The van der Waals surface area contributed by atoms with Gasteiger partial charge in [0.2, 0.25) is 0 Å². The number of ketones is 1. The van der Waals surface area contributed by atoms with Crippen molar-refractivity contribution in [2.24, 2.45) is 0 Å². The average molecular weight is 235 g/mol. The summed E-state index contributed by atoms with van der Waals surface area (Å²) < 4.78 is 0. The Bertz CT molecular complexity index is 492. The highest BCUT2D eigenvalue weighted by Gasteiger charge is 2.10. The van der Waals surface area contributed by atoms with E-state index in [9.17, 15) is 19.7 Å². The fraction of sp³-hybridized carbons (Fsp3) is 0.0909. The molecule has 0 fully saturated rings. The van der Waals surface area contributed by atoms with Crippen LogP contribution in [0.3, 0.4) is 0 Å². The van der Waals surface area contributed by atoms with Crippen LogP contribution in [0.2, 0.25) is 0 Å². The molecule has 0 radical (unpaired) electrons. The molecule has 0 aliphatic rings. The number of hydrogen-bond acceptors (Lipinski definition) is 4. The van der Waals surface area contributed by atoms with Crippen molar-refractivity contribution in [3.05, 3.63) is 46.0 Å². The molecule has 1 aromatic rings. The molecule has 17 heavy (non-hydrogen) atoms. The van der Waals surface area contributed by atoms with E-state index in [0.29, 0.717) is 0 Å². The predicted octanol–water partition coefficient (Wildman–Crippen LogP) is 1.65. The second-order valence-corrected chi connectivity index (χ2v) is 3.19. The third-order valence-electron chi connectivity index (χ3n) is 1.91. The van der Waals surface area contributed by atoms with Crippen molar-refractivity contribution < 1.29 is 19.6 Å². The summed E-state index contributed by atoms with van der Waals surface area (Å²) in [4.78, 5) is 31.4. The van der Waals surface area contributed by atoms with Crippen LogP contribution >= 0.6 is 0 Å². The summed E-state index contributed by atoms with van der Waals surface area (Å²) in [5.41, 5.74) is 0.128. The second-order valence-electron chi connectivity index (χ2n) is 3.19. The molecule has 0 amide bonds. The number of allylic oxidation sites excluding steroid dienone is 1. The number of carbonyl (C=O) groups excluding carboxylic acids is 1. The topological polar surface area (TPSA) is 97.5 Å². The molecule has 1 rings (SSSR count). The number of carboxylic acid groups (broad SMARTS) is 1. The SMILES string of the molecule is O=C(O)CC(=O)C=Cc1ccccc1[N+](=O)[O-]. The van der Waals surface area contributed by atoms with Gasteiger partial charge < -0.3 is 5.11 Å². The number of para-hydroxylation sites is 1. The Morgan fingerprint density at radius 3 is 2.59 bits per heavy atom. The normalized spacial score (nSPS) is 10.4. The lowest BCUT2D eigenvalue weighted by Gasteiger charge is -1.95. The highest BCUT2D eigenvalue weighted by atomic mass is 16.6. The maximum absolute atomic E-state index is 11.1. The van der Waals surface area contributed by atoms with Gasteiger partial charge in [0.25, 0.3) is 5.69 Å². The van der Waals surface area contributed by atoms with Gasteiger partial charge in [-0.1, -0.05) is 12.1 Å². The summed E-state index contributed by atoms with van der Waals surface area (Å²) in [6, 6.07) is 5.88. The van der Waals surface area contributed by atoms with Crippen LogP contribution in [-0.4, -0.2) is 21.8 Å². The Kier molecular flexibility index (Phi) is 4.10. The highest BCUT2D eigenvalue weighted by molar-refractivity contribution is 6.03. The maximum atomic E-state index is 11.1. The smallest absolute Gasteiger partial charge is 0.311 e. The Balaban J connectivity index is 2.88. The van der Waals surface area contributed by atoms with Crippen molar-refractivity contribution in [2.45, 2.75) is 6.42 Å². The van der Waals surface area contributed by atoms with Gasteiger partial charge in [-0.15, -0.1) is 0 Å². The fourth-order valence-corrected chi connectivity index (χ4v) is 1.19. The van der Waals surface area contributed by atoms with Gasteiger partial charge in [-0.2, -0.15) is 0 Å². The molecule has 0 aliphatic carbocycles. The quantitative estimate of drug-likeness (QED) is 0.362. The first-order valence-electron chi connectivity index (χ1n) is 4.67. The maximum Gasteiger partial charge on any atom is 0.311 e. The van der Waals surface area contributed by atoms with E-state index in [0.717, 1.165) is 6.08 Å². The van der Waals surface area contributed by atoms with Crippen molar-refractivity contribution in [1.82, 2.24) is 0 Å². The van der Waals surface area contributed by atoms with Crippen LogP contribution in [0, 0.1) is 10.1 Å². The standard InChI is InChI=1S/C11H9NO5/c13-9(7-11(14)15)6-5-8-3-1-2-4-10(8)12(16)17/h1-6H,7H2,(H,14,15). The fourth-order valence-electron chi connectivity index (χ4n) is 1.19. The largest absolute Gasteiger partial charge is 0.481 e. The number of aliphatic carboxylic acids is 1. The van der Waals surface area contributed by atoms with E-state index in [1.54, 1.807) is 6.07 Å². The highest BCUT2D eigenvalue weighted by Crippen LogP contribution is 2.18. The van der Waals surface area contributed by atoms with Crippen LogP contribution in [0.4, 0.5) is 5.69 Å². The van der Waals surface area contributed by atoms with Gasteiger partial charge >= 0.3 is 5.97 Å². The Labute approximate surface area is 96.3 Å². The van der Waals surface area contributed by atoms with Crippen LogP contribution in [0.25, 0.3) is 6.08 Å². The van der Waals surface area contributed by atoms with Crippen molar-refractivity contribution in [3.8, 4) is 0 Å². The van der Waals surface area contributed by atoms with E-state index in [4.69, 9.17) is 5.11 Å². The summed E-state index contributed by atoms with van der Waals surface area (Å²) in [6.45, 7) is 0. The number of nitro groups is 1. The van der Waals surface area contributed by atoms with Crippen molar-refractivity contribution >= 4 is 23.5 Å². The number of benzene rings is 1. The lowest BCUT2D eigenvalue weighted by Crippen LogP contribution is -2.03. The van der Waals surface area contributed by atoms with Gasteiger partial charge in [0.15, 0.2) is 5.78 Å². The zero-order valence-electron chi connectivity index (χ0n) is 8.70. The molecular weight excluding hydrogens is 226 g/mol. The minimum Gasteiger partial charge on any atom is -0.481 e. The lowest BCUT2D eigenvalue weighted by molar-refractivity contribution is -0.385. The zero-order valence-corrected chi connectivity index (χ0v) is 8.70. The van der Waals surface area contributed by atoms with Gasteiger partial charge in [0.05, 0.1) is 10.5 Å². The van der Waals surface area contributed by atoms with Gasteiger partial charge in [-0.05, 0) is 18.2 Å². The number of carboxylic acids is 1. The molecule has 0 heterocycles. The Hall–Kier alpha value is -2.50. The van der Waals surface area contributed by atoms with Gasteiger partial charge in [-0.3, -0.25) is 19.7 Å². The number of rotatable bonds is 5. The van der Waals surface area contributed by atoms with Crippen molar-refractivity contribution in [3.63, 3.8) is 0 Å². The molecule has 0 atom stereocenters. The van der Waals surface area contributed by atoms with E-state index in [-0.39, 0.29) is 11.3 Å². The molecular formula is C11H9NO5. The molecule has 1 aromatic carbocycles. The minimum absolute atomic E-state index is 0.133. The first-order chi connectivity index (χ1) is 8.00. The predicted molar refractivity (Wildman–Crippen MR) is 59.4 cm³/mol. The van der Waals surface area contributed by atoms with Crippen LogP contribution in [0.5, 0.6) is 0 Å². The molecule has 0 bridgehead atoms. The number of nitro benzene ring substituents is 1. The van der Waals surface area contributed by atoms with Crippen LogP contribution < -0.4 is 0 Å². The Morgan fingerprint density at radius 1 is 1.35 bits per heavy atom. The van der Waals surface area contributed by atoms with E-state index < -0.39 is 23.1 Å². The van der Waals surface area contributed by atoms with Crippen molar-refractivity contribution in [1.29, 1.82) is 0 Å². The molecule has 88 valence electrons. The third-order valence-corrected chi connectivity index (χ3v) is 1.91. The van der Waals surface area contributed by atoms with Gasteiger partial charge in [-0.25, -0.2) is 0 Å². The summed E-state index contributed by atoms with van der Waals surface area (Å²) in [6.07, 6.45) is 1.64. The summed E-state index contributed by atoms with van der Waals surface area (Å²) in [5, 5.41) is 19.0. The van der Waals surface area contributed by atoms with E-state index in [1.807, 2.05) is 0 Å². The summed E-state index contributed by atoms with van der Waals surface area (Å²) >= 11 is 0. The molecule has 6 heteroatoms. The van der Waals surface area contributed by atoms with Crippen LogP contribution in [-0.2, 0) is 9.59 Å². The third kappa shape index (κ3) is 3.86. The first-order valence-corrected chi connectivity index (χ1v) is 4.67. The molecule has 0 saturated carbocycles. The van der Waals surface area contributed by atoms with E-state index in [1.165, 1.54) is 24.3 Å². The second kappa shape index (κ2) is 5.55. The molecule has 1 N–H and O–H groups in total. The molecule has 0 unspecified atom stereocenters. The molecule has 0 spiro atoms. The number of carbonyl (C=O) groups is 2. The van der Waals surface area contributed by atoms with Gasteiger partial charge in [0.1, 0.15) is 6.42 Å². The molecule has 0 aliphatic heterocycles. The van der Waals surface area contributed by atoms with E-state index in [2.05, 4.69) is 0 Å². The van der Waals surface area contributed by atoms with Crippen LogP contribution in [0.1, 0.15) is 12.0 Å². The summed E-state index contributed by atoms with van der Waals surface area (Å²) in [7, 11) is 0. The monoisotopic (exact) mass is 235 g/mol.